The lowest BCUT2D eigenvalue weighted by molar-refractivity contribution is -0.145. The van der Waals surface area contributed by atoms with Crippen LogP contribution in [0, 0.1) is 5.92 Å². The Morgan fingerprint density at radius 1 is 1.05 bits per heavy atom. The molecule has 2 heterocycles. The summed E-state index contributed by atoms with van der Waals surface area (Å²) < 4.78 is 46.2. The number of anilines is 1. The topological polar surface area (TPSA) is 96.8 Å². The molecule has 0 radical (unpaired) electrons. The van der Waals surface area contributed by atoms with Crippen LogP contribution in [0.4, 0.5) is 19.0 Å². The van der Waals surface area contributed by atoms with Crippen molar-refractivity contribution in [3.8, 4) is 0 Å². The van der Waals surface area contributed by atoms with Gasteiger partial charge in [-0.3, -0.25) is 4.79 Å². The van der Waals surface area contributed by atoms with Crippen LogP contribution in [-0.4, -0.2) is 47.3 Å². The lowest BCUT2D eigenvalue weighted by atomic mass is 9.83. The van der Waals surface area contributed by atoms with E-state index in [1.165, 1.54) is 12.1 Å². The van der Waals surface area contributed by atoms with Crippen molar-refractivity contribution in [2.24, 2.45) is 11.0 Å². The van der Waals surface area contributed by atoms with Gasteiger partial charge >= 0.3 is 12.1 Å². The number of hydrogen-bond donors (Lipinski definition) is 1. The summed E-state index contributed by atoms with van der Waals surface area (Å²) in [5.74, 6) is -3.62. The monoisotopic (exact) mass is 599 g/mol. The summed E-state index contributed by atoms with van der Waals surface area (Å²) in [5.41, 5.74) is 1.94. The van der Waals surface area contributed by atoms with Crippen molar-refractivity contribution in [1.29, 1.82) is 0 Å². The summed E-state index contributed by atoms with van der Waals surface area (Å²) in [5, 5.41) is 9.20. The Kier molecular flexibility index (Phi) is 8.77. The molecule has 1 aliphatic heterocycles. The fraction of sp³-hybridized carbons (Fsp3) is 0.367. The molecule has 2 atom stereocenters. The van der Waals surface area contributed by atoms with Crippen LogP contribution in [-0.2, 0) is 15.7 Å². The highest BCUT2D eigenvalue weighted by molar-refractivity contribution is 6.30. The maximum absolute atomic E-state index is 13.8. The minimum Gasteiger partial charge on any atom is -0.467 e. The SMILES string of the molecule is COC(=O)[C@@H](NC(=O)c1cnc(C(F)(F)F)nc1N1CC(c2ccccc2)C(c2ccc(Cl)cc2)=N1)C1CCCCC1. The number of esters is 1. The van der Waals surface area contributed by atoms with E-state index in [-0.39, 0.29) is 29.8 Å². The summed E-state index contributed by atoms with van der Waals surface area (Å²) >= 11 is 6.09. The van der Waals surface area contributed by atoms with Crippen LogP contribution in [0.1, 0.15) is 65.3 Å². The maximum Gasteiger partial charge on any atom is 0.451 e. The number of nitrogens with one attached hydrogen (secondary N) is 1. The number of benzene rings is 2. The molecule has 0 spiro atoms. The van der Waals surface area contributed by atoms with E-state index in [1.54, 1.807) is 24.3 Å². The third kappa shape index (κ3) is 6.41. The van der Waals surface area contributed by atoms with Gasteiger partial charge in [0.05, 0.1) is 19.4 Å². The number of carbonyl (C=O) groups is 2. The van der Waals surface area contributed by atoms with Gasteiger partial charge in [-0.15, -0.1) is 0 Å². The van der Waals surface area contributed by atoms with E-state index >= 15 is 0 Å². The van der Waals surface area contributed by atoms with Crippen molar-refractivity contribution in [2.75, 3.05) is 18.7 Å². The molecule has 1 saturated carbocycles. The number of amides is 1. The molecule has 1 unspecified atom stereocenters. The zero-order valence-electron chi connectivity index (χ0n) is 22.8. The predicted octanol–water partition coefficient (Wildman–Crippen LogP) is 6.01. The van der Waals surface area contributed by atoms with Gasteiger partial charge < -0.3 is 10.1 Å². The van der Waals surface area contributed by atoms with Gasteiger partial charge in [0, 0.05) is 17.1 Å². The first kappa shape index (κ1) is 29.5. The third-order valence-corrected chi connectivity index (χ3v) is 7.88. The number of hydrazone groups is 1. The molecule has 1 aromatic heterocycles. The fourth-order valence-corrected chi connectivity index (χ4v) is 5.64. The molecule has 220 valence electrons. The highest BCUT2D eigenvalue weighted by Crippen LogP contribution is 2.35. The number of ether oxygens (including phenoxy) is 1. The summed E-state index contributed by atoms with van der Waals surface area (Å²) in [6, 6.07) is 15.4. The van der Waals surface area contributed by atoms with Crippen LogP contribution < -0.4 is 10.3 Å². The summed E-state index contributed by atoms with van der Waals surface area (Å²) in [4.78, 5) is 33.5. The van der Waals surface area contributed by atoms with Gasteiger partial charge in [0.1, 0.15) is 11.6 Å². The molecule has 1 aliphatic carbocycles. The van der Waals surface area contributed by atoms with E-state index < -0.39 is 29.9 Å². The van der Waals surface area contributed by atoms with E-state index in [2.05, 4.69) is 20.4 Å². The standard InChI is InChI=1S/C30H29ClF3N5O3/c1-42-28(41)25(19-10-6-3-7-11-19)36-27(40)22-16-35-29(30(32,33)34)37-26(22)39-17-23(18-8-4-2-5-9-18)24(38-39)20-12-14-21(31)15-13-20/h2,4-5,8-9,12-16,19,23,25H,3,6-7,10-11,17H2,1H3,(H,36,40)/t23?,25-/m0/s1. The lowest BCUT2D eigenvalue weighted by Gasteiger charge is -2.29. The first-order valence-electron chi connectivity index (χ1n) is 13.7. The molecular weight excluding hydrogens is 571 g/mol. The van der Waals surface area contributed by atoms with E-state index in [9.17, 15) is 22.8 Å². The number of aromatic nitrogens is 2. The van der Waals surface area contributed by atoms with E-state index in [4.69, 9.17) is 16.3 Å². The number of alkyl halides is 3. The van der Waals surface area contributed by atoms with Gasteiger partial charge in [0.25, 0.3) is 5.91 Å². The first-order valence-corrected chi connectivity index (χ1v) is 14.0. The van der Waals surface area contributed by atoms with Crippen LogP contribution in [0.25, 0.3) is 0 Å². The van der Waals surface area contributed by atoms with Crippen LogP contribution in [0.5, 0.6) is 0 Å². The second-order valence-electron chi connectivity index (χ2n) is 10.3. The second-order valence-corrected chi connectivity index (χ2v) is 10.8. The predicted molar refractivity (Wildman–Crippen MR) is 151 cm³/mol. The number of halogens is 4. The molecule has 3 aromatic rings. The van der Waals surface area contributed by atoms with Gasteiger partial charge in [0.15, 0.2) is 5.82 Å². The Morgan fingerprint density at radius 3 is 2.38 bits per heavy atom. The summed E-state index contributed by atoms with van der Waals surface area (Å²) in [7, 11) is 1.23. The Hall–Kier alpha value is -3.99. The minimum absolute atomic E-state index is 0.111. The smallest absolute Gasteiger partial charge is 0.451 e. The molecule has 8 nitrogen and oxygen atoms in total. The van der Waals surface area contributed by atoms with Gasteiger partial charge in [-0.1, -0.05) is 73.3 Å². The van der Waals surface area contributed by atoms with E-state index in [0.29, 0.717) is 10.7 Å². The molecule has 0 bridgehead atoms. The highest BCUT2D eigenvalue weighted by Gasteiger charge is 2.39. The number of rotatable bonds is 7. The molecule has 1 N–H and O–H groups in total. The highest BCUT2D eigenvalue weighted by atomic mass is 35.5. The molecule has 2 aliphatic rings. The average molecular weight is 600 g/mol. The number of methoxy groups -OCH3 is 1. The molecule has 1 fully saturated rings. The van der Waals surface area contributed by atoms with Crippen molar-refractivity contribution in [1.82, 2.24) is 15.3 Å². The molecule has 1 amide bonds. The summed E-state index contributed by atoms with van der Waals surface area (Å²) in [6.07, 6.45) is 0.247. The van der Waals surface area contributed by atoms with Crippen LogP contribution >= 0.6 is 11.6 Å². The van der Waals surface area contributed by atoms with E-state index in [1.807, 2.05) is 30.3 Å². The maximum atomic E-state index is 13.8. The Labute approximate surface area is 245 Å². The van der Waals surface area contributed by atoms with Crippen molar-refractivity contribution in [3.05, 3.63) is 88.3 Å². The molecule has 12 heteroatoms. The van der Waals surface area contributed by atoms with Crippen molar-refractivity contribution >= 4 is 35.0 Å². The van der Waals surface area contributed by atoms with Gasteiger partial charge in [-0.2, -0.15) is 18.3 Å². The van der Waals surface area contributed by atoms with Gasteiger partial charge in [0.2, 0.25) is 5.82 Å². The van der Waals surface area contributed by atoms with Crippen LogP contribution in [0.15, 0.2) is 65.9 Å². The number of carbonyl (C=O) groups excluding carboxylic acids is 2. The molecule has 5 rings (SSSR count). The zero-order valence-corrected chi connectivity index (χ0v) is 23.5. The van der Waals surface area contributed by atoms with Crippen molar-refractivity contribution in [2.45, 2.75) is 50.2 Å². The first-order chi connectivity index (χ1) is 20.2. The largest absolute Gasteiger partial charge is 0.467 e. The Morgan fingerprint density at radius 2 is 1.74 bits per heavy atom. The molecule has 42 heavy (non-hydrogen) atoms. The molecular formula is C30H29ClF3N5O3. The average Bonchev–Trinajstić information content (AvgIpc) is 3.45. The Bertz CT molecular complexity index is 1460. The second kappa shape index (κ2) is 12.5. The lowest BCUT2D eigenvalue weighted by Crippen LogP contribution is -2.47. The van der Waals surface area contributed by atoms with Gasteiger partial charge in [-0.05, 0) is 42.0 Å². The van der Waals surface area contributed by atoms with E-state index in [0.717, 1.165) is 49.4 Å². The zero-order chi connectivity index (χ0) is 29.9. The normalized spacial score (nSPS) is 18.4. The third-order valence-electron chi connectivity index (χ3n) is 7.63. The number of hydrogen-bond acceptors (Lipinski definition) is 7. The minimum atomic E-state index is -4.86. The molecule has 0 saturated heterocycles. The summed E-state index contributed by atoms with van der Waals surface area (Å²) in [6.45, 7) is 0.111. The van der Waals surface area contributed by atoms with Crippen molar-refractivity contribution < 1.29 is 27.5 Å². The fourth-order valence-electron chi connectivity index (χ4n) is 5.51. The number of nitrogens with zero attached hydrogens (tertiary/aromatic N) is 4. The van der Waals surface area contributed by atoms with Crippen LogP contribution in [0.2, 0.25) is 5.02 Å². The molecule has 2 aromatic carbocycles. The van der Waals surface area contributed by atoms with Crippen molar-refractivity contribution in [3.63, 3.8) is 0 Å². The van der Waals surface area contributed by atoms with Crippen LogP contribution in [0.3, 0.4) is 0 Å². The van der Waals surface area contributed by atoms with Gasteiger partial charge in [-0.25, -0.2) is 19.8 Å². The Balaban J connectivity index is 1.56. The quantitative estimate of drug-likeness (QED) is 0.334.